The van der Waals surface area contributed by atoms with Crippen molar-refractivity contribution < 1.29 is 4.79 Å². The average molecular weight is 374 g/mol. The molecule has 3 rings (SSSR count). The molecule has 1 aromatic carbocycles. The minimum Gasteiger partial charge on any atom is -0.340 e. The van der Waals surface area contributed by atoms with E-state index in [0.717, 1.165) is 23.1 Å². The van der Waals surface area contributed by atoms with E-state index in [-0.39, 0.29) is 18.3 Å². The Bertz CT molecular complexity index is 542. The minimum absolute atomic E-state index is 0. The van der Waals surface area contributed by atoms with E-state index < -0.39 is 5.54 Å². The number of halogens is 2. The standard InChI is InChI=1S/C16H21BrN2O.ClH/c1-15(2)12-8-19(9-13(12)15)14(20)16(3,18)10-4-6-11(17)7-5-10;/h4-7,12-13H,8-9,18H2,1-3H3;1H. The Hall–Kier alpha value is -0.580. The Labute approximate surface area is 140 Å². The summed E-state index contributed by atoms with van der Waals surface area (Å²) >= 11 is 3.41. The van der Waals surface area contributed by atoms with Crippen LogP contribution in [0.2, 0.25) is 0 Å². The van der Waals surface area contributed by atoms with E-state index in [1.165, 1.54) is 0 Å². The van der Waals surface area contributed by atoms with Gasteiger partial charge in [-0.05, 0) is 41.9 Å². The van der Waals surface area contributed by atoms with Gasteiger partial charge in [-0.15, -0.1) is 12.4 Å². The summed E-state index contributed by atoms with van der Waals surface area (Å²) in [5, 5.41) is 0. The van der Waals surface area contributed by atoms with E-state index in [1.54, 1.807) is 0 Å². The molecule has 2 N–H and O–H groups in total. The zero-order valence-electron chi connectivity index (χ0n) is 12.6. The molecule has 0 radical (unpaired) electrons. The normalized spacial score (nSPS) is 28.3. The highest BCUT2D eigenvalue weighted by Crippen LogP contribution is 2.62. The van der Waals surface area contributed by atoms with Gasteiger partial charge in [0.05, 0.1) is 0 Å². The van der Waals surface area contributed by atoms with Gasteiger partial charge in [0.25, 0.3) is 0 Å². The number of carbonyl (C=O) groups is 1. The molecule has 5 heteroatoms. The number of carbonyl (C=O) groups excluding carboxylic acids is 1. The topological polar surface area (TPSA) is 46.3 Å². The summed E-state index contributed by atoms with van der Waals surface area (Å²) in [7, 11) is 0. The number of hydrogen-bond acceptors (Lipinski definition) is 2. The molecule has 1 aromatic rings. The van der Waals surface area contributed by atoms with Crippen LogP contribution in [0.25, 0.3) is 0 Å². The van der Waals surface area contributed by atoms with Gasteiger partial charge in [0.2, 0.25) is 5.91 Å². The molecule has 21 heavy (non-hydrogen) atoms. The van der Waals surface area contributed by atoms with E-state index in [0.29, 0.717) is 17.3 Å². The van der Waals surface area contributed by atoms with Crippen LogP contribution in [-0.4, -0.2) is 23.9 Å². The summed E-state index contributed by atoms with van der Waals surface area (Å²) in [5.74, 6) is 1.36. The monoisotopic (exact) mass is 372 g/mol. The van der Waals surface area contributed by atoms with Crippen LogP contribution in [0, 0.1) is 17.3 Å². The molecule has 0 spiro atoms. The summed E-state index contributed by atoms with van der Waals surface area (Å²) in [4.78, 5) is 14.7. The van der Waals surface area contributed by atoms with E-state index in [9.17, 15) is 4.79 Å². The molecule has 3 atom stereocenters. The highest BCUT2D eigenvalue weighted by atomic mass is 79.9. The molecular weight excluding hydrogens is 352 g/mol. The number of hydrogen-bond donors (Lipinski definition) is 1. The van der Waals surface area contributed by atoms with Crippen LogP contribution in [-0.2, 0) is 10.3 Å². The number of amides is 1. The summed E-state index contributed by atoms with van der Waals surface area (Å²) in [6.45, 7) is 8.12. The largest absolute Gasteiger partial charge is 0.340 e. The molecule has 1 aliphatic heterocycles. The van der Waals surface area contributed by atoms with Crippen molar-refractivity contribution in [2.75, 3.05) is 13.1 Å². The van der Waals surface area contributed by atoms with Gasteiger partial charge in [0.15, 0.2) is 0 Å². The second kappa shape index (κ2) is 5.25. The number of benzene rings is 1. The second-order valence-electron chi connectivity index (χ2n) is 6.95. The first-order valence-corrected chi connectivity index (χ1v) is 7.88. The number of piperidine rings is 1. The van der Waals surface area contributed by atoms with Crippen molar-refractivity contribution in [1.82, 2.24) is 4.90 Å². The third-order valence-corrected chi connectivity index (χ3v) is 5.83. The lowest BCUT2D eigenvalue weighted by Crippen LogP contribution is -2.51. The lowest BCUT2D eigenvalue weighted by atomic mass is 9.91. The highest BCUT2D eigenvalue weighted by Gasteiger charge is 2.63. The van der Waals surface area contributed by atoms with Crippen molar-refractivity contribution in [2.45, 2.75) is 26.3 Å². The Morgan fingerprint density at radius 1 is 1.29 bits per heavy atom. The molecule has 2 aliphatic rings. The van der Waals surface area contributed by atoms with Crippen molar-refractivity contribution in [2.24, 2.45) is 23.0 Å². The third kappa shape index (κ3) is 2.62. The maximum Gasteiger partial charge on any atom is 0.246 e. The number of fused-ring (bicyclic) bond motifs is 1. The number of nitrogens with zero attached hydrogens (tertiary/aromatic N) is 1. The van der Waals surface area contributed by atoms with Crippen LogP contribution in [0.15, 0.2) is 28.7 Å². The van der Waals surface area contributed by atoms with Crippen molar-refractivity contribution in [3.63, 3.8) is 0 Å². The smallest absolute Gasteiger partial charge is 0.246 e. The molecule has 1 amide bonds. The fraction of sp³-hybridized carbons (Fsp3) is 0.562. The maximum atomic E-state index is 12.7. The van der Waals surface area contributed by atoms with Gasteiger partial charge < -0.3 is 10.6 Å². The summed E-state index contributed by atoms with van der Waals surface area (Å²) in [5.41, 5.74) is 6.67. The van der Waals surface area contributed by atoms with Crippen LogP contribution in [0.5, 0.6) is 0 Å². The van der Waals surface area contributed by atoms with Crippen LogP contribution in [0.3, 0.4) is 0 Å². The van der Waals surface area contributed by atoms with Crippen LogP contribution >= 0.6 is 28.3 Å². The quantitative estimate of drug-likeness (QED) is 0.865. The molecule has 3 nitrogen and oxygen atoms in total. The van der Waals surface area contributed by atoms with E-state index in [2.05, 4.69) is 29.8 Å². The molecule has 2 fully saturated rings. The molecule has 1 saturated carbocycles. The molecule has 1 heterocycles. The lowest BCUT2D eigenvalue weighted by Gasteiger charge is -2.31. The Kier molecular flexibility index (Phi) is 4.20. The van der Waals surface area contributed by atoms with Crippen LogP contribution in [0.4, 0.5) is 0 Å². The minimum atomic E-state index is -0.943. The Morgan fingerprint density at radius 2 is 1.76 bits per heavy atom. The highest BCUT2D eigenvalue weighted by molar-refractivity contribution is 9.10. The van der Waals surface area contributed by atoms with Crippen LogP contribution < -0.4 is 5.73 Å². The van der Waals surface area contributed by atoms with Gasteiger partial charge >= 0.3 is 0 Å². The number of likely N-dealkylation sites (tertiary alicyclic amines) is 1. The van der Waals surface area contributed by atoms with Crippen molar-refractivity contribution in [1.29, 1.82) is 0 Å². The summed E-state index contributed by atoms with van der Waals surface area (Å²) in [6.07, 6.45) is 0. The molecule has 1 saturated heterocycles. The van der Waals surface area contributed by atoms with Gasteiger partial charge in [-0.3, -0.25) is 4.79 Å². The summed E-state index contributed by atoms with van der Waals surface area (Å²) in [6, 6.07) is 7.70. The lowest BCUT2D eigenvalue weighted by molar-refractivity contribution is -0.136. The maximum absolute atomic E-state index is 12.7. The zero-order valence-corrected chi connectivity index (χ0v) is 15.0. The molecule has 116 valence electrons. The van der Waals surface area contributed by atoms with Gasteiger partial charge in [-0.25, -0.2) is 0 Å². The third-order valence-electron chi connectivity index (χ3n) is 5.30. The Morgan fingerprint density at radius 3 is 2.24 bits per heavy atom. The van der Waals surface area contributed by atoms with E-state index in [1.807, 2.05) is 36.1 Å². The van der Waals surface area contributed by atoms with Crippen molar-refractivity contribution in [3.05, 3.63) is 34.3 Å². The first-order chi connectivity index (χ1) is 9.24. The predicted octanol–water partition coefficient (Wildman–Crippen LogP) is 3.16. The van der Waals surface area contributed by atoms with Crippen LogP contribution in [0.1, 0.15) is 26.3 Å². The summed E-state index contributed by atoms with van der Waals surface area (Å²) < 4.78 is 0.994. The van der Waals surface area contributed by atoms with E-state index in [4.69, 9.17) is 5.73 Å². The zero-order chi connectivity index (χ0) is 14.7. The number of rotatable bonds is 2. The first kappa shape index (κ1) is 16.8. The number of nitrogens with two attached hydrogens (primary N) is 1. The second-order valence-corrected chi connectivity index (χ2v) is 7.87. The van der Waals surface area contributed by atoms with Gasteiger partial charge in [-0.2, -0.15) is 0 Å². The van der Waals surface area contributed by atoms with Gasteiger partial charge in [-0.1, -0.05) is 41.9 Å². The van der Waals surface area contributed by atoms with E-state index >= 15 is 0 Å². The molecule has 0 aromatic heterocycles. The van der Waals surface area contributed by atoms with Gasteiger partial charge in [0.1, 0.15) is 5.54 Å². The SMILES string of the molecule is CC(N)(C(=O)N1CC2C(C1)C2(C)C)c1ccc(Br)cc1.Cl. The molecule has 0 bridgehead atoms. The van der Waals surface area contributed by atoms with Crippen molar-refractivity contribution >= 4 is 34.2 Å². The predicted molar refractivity (Wildman–Crippen MR) is 90.3 cm³/mol. The Balaban J connectivity index is 0.00000161. The fourth-order valence-electron chi connectivity index (χ4n) is 3.55. The molecule has 3 unspecified atom stereocenters. The first-order valence-electron chi connectivity index (χ1n) is 7.09. The molecular formula is C16H22BrClN2O. The average Bonchev–Trinajstić information content (AvgIpc) is 2.80. The fourth-order valence-corrected chi connectivity index (χ4v) is 3.81. The van der Waals surface area contributed by atoms with Crippen molar-refractivity contribution in [3.8, 4) is 0 Å². The molecule has 1 aliphatic carbocycles. The van der Waals surface area contributed by atoms with Gasteiger partial charge in [0, 0.05) is 17.6 Å².